The Morgan fingerprint density at radius 1 is 1.33 bits per heavy atom. The van der Waals surface area contributed by atoms with E-state index in [1.807, 2.05) is 0 Å². The summed E-state index contributed by atoms with van der Waals surface area (Å²) in [5.41, 5.74) is -2.38. The van der Waals surface area contributed by atoms with Crippen LogP contribution in [-0.4, -0.2) is 5.11 Å². The van der Waals surface area contributed by atoms with Gasteiger partial charge in [0.2, 0.25) is 0 Å². The van der Waals surface area contributed by atoms with Crippen LogP contribution in [0.25, 0.3) is 0 Å². The van der Waals surface area contributed by atoms with Crippen molar-refractivity contribution in [3.05, 3.63) is 35.1 Å². The molecule has 0 unspecified atom stereocenters. The van der Waals surface area contributed by atoms with Crippen LogP contribution in [0.5, 0.6) is 0 Å². The molecule has 0 saturated heterocycles. The fourth-order valence-electron chi connectivity index (χ4n) is 1.90. The average Bonchev–Trinajstić information content (AvgIpc) is 2.82. The van der Waals surface area contributed by atoms with E-state index in [2.05, 4.69) is 0 Å². The Hall–Kier alpha value is -0.960. The zero-order valence-electron chi connectivity index (χ0n) is 8.85. The number of rotatable bonds is 2. The molecule has 0 spiro atoms. The summed E-state index contributed by atoms with van der Waals surface area (Å²) in [6.07, 6.45) is 1.17. The summed E-state index contributed by atoms with van der Waals surface area (Å²) in [4.78, 5) is 0. The highest BCUT2D eigenvalue weighted by Crippen LogP contribution is 2.49. The first-order valence-corrected chi connectivity index (χ1v) is 5.05. The molecule has 2 rings (SSSR count). The fraction of sp³-hybridized carbons (Fsp3) is 0.500. The summed E-state index contributed by atoms with van der Waals surface area (Å²) >= 11 is 0. The molecule has 0 radical (unpaired) electrons. The smallest absolute Gasteiger partial charge is 0.133 e. The summed E-state index contributed by atoms with van der Waals surface area (Å²) in [5, 5.41) is 9.94. The molecule has 0 atom stereocenters. The summed E-state index contributed by atoms with van der Waals surface area (Å²) in [6, 6.07) is 4.34. The first kappa shape index (κ1) is 10.6. The highest BCUT2D eigenvalue weighted by molar-refractivity contribution is 5.40. The van der Waals surface area contributed by atoms with Crippen molar-refractivity contribution in [3.63, 3.8) is 0 Å². The molecule has 1 aromatic carbocycles. The van der Waals surface area contributed by atoms with Crippen LogP contribution in [0.4, 0.5) is 8.78 Å². The van der Waals surface area contributed by atoms with E-state index in [9.17, 15) is 13.9 Å². The van der Waals surface area contributed by atoms with Gasteiger partial charge in [-0.3, -0.25) is 0 Å². The topological polar surface area (TPSA) is 20.2 Å². The van der Waals surface area contributed by atoms with Gasteiger partial charge in [0.15, 0.2) is 0 Å². The third-order valence-corrected chi connectivity index (χ3v) is 2.83. The maximum atomic E-state index is 13.8. The minimum absolute atomic E-state index is 0.00926. The number of aliphatic hydroxyl groups is 1. The van der Waals surface area contributed by atoms with Crippen LogP contribution >= 0.6 is 0 Å². The summed E-state index contributed by atoms with van der Waals surface area (Å²) in [6.45, 7) is 2.61. The van der Waals surface area contributed by atoms with Gasteiger partial charge in [-0.05, 0) is 38.3 Å². The molecule has 0 bridgehead atoms. The second-order valence-corrected chi connectivity index (χ2v) is 4.67. The molecule has 0 amide bonds. The van der Waals surface area contributed by atoms with Crippen molar-refractivity contribution in [2.24, 2.45) is 0 Å². The minimum atomic E-state index is -1.76. The Morgan fingerprint density at radius 3 is 2.40 bits per heavy atom. The lowest BCUT2D eigenvalue weighted by Crippen LogP contribution is -2.19. The van der Waals surface area contributed by atoms with Crippen LogP contribution in [0.1, 0.15) is 37.8 Å². The highest BCUT2D eigenvalue weighted by atomic mass is 19.1. The molecule has 3 heteroatoms. The van der Waals surface area contributed by atoms with E-state index < -0.39 is 17.1 Å². The first-order chi connectivity index (χ1) is 6.84. The Bertz CT molecular complexity index is 389. The third kappa shape index (κ3) is 1.76. The molecule has 1 saturated carbocycles. The van der Waals surface area contributed by atoms with Crippen LogP contribution in [0, 0.1) is 5.82 Å². The van der Waals surface area contributed by atoms with E-state index in [1.54, 1.807) is 6.07 Å². The predicted molar refractivity (Wildman–Crippen MR) is 53.7 cm³/mol. The molecule has 1 fully saturated rings. The van der Waals surface area contributed by atoms with E-state index in [-0.39, 0.29) is 5.56 Å². The lowest BCUT2D eigenvalue weighted by atomic mass is 9.90. The fourth-order valence-corrected chi connectivity index (χ4v) is 1.90. The van der Waals surface area contributed by atoms with Crippen molar-refractivity contribution >= 4 is 0 Å². The SMILES string of the molecule is CC(C)(F)c1c(F)cccc1C1(O)CC1. The van der Waals surface area contributed by atoms with Gasteiger partial charge in [0.25, 0.3) is 0 Å². The second-order valence-electron chi connectivity index (χ2n) is 4.67. The Kier molecular flexibility index (Phi) is 2.12. The van der Waals surface area contributed by atoms with E-state index >= 15 is 0 Å². The predicted octanol–water partition coefficient (Wildman–Crippen LogP) is 3.01. The number of hydrogen-bond acceptors (Lipinski definition) is 1. The minimum Gasteiger partial charge on any atom is -0.385 e. The standard InChI is InChI=1S/C12H14F2O/c1-11(2,14)10-8(12(15)6-7-12)4-3-5-9(10)13/h3-5,15H,6-7H2,1-2H3. The molecule has 1 N–H and O–H groups in total. The van der Waals surface area contributed by atoms with Gasteiger partial charge < -0.3 is 5.11 Å². The molecular formula is C12H14F2O. The van der Waals surface area contributed by atoms with Gasteiger partial charge in [0.1, 0.15) is 11.5 Å². The van der Waals surface area contributed by atoms with Crippen LogP contribution in [-0.2, 0) is 11.3 Å². The molecule has 1 aliphatic rings. The molecule has 0 aromatic heterocycles. The highest BCUT2D eigenvalue weighted by Gasteiger charge is 2.46. The molecule has 1 aromatic rings. The monoisotopic (exact) mass is 212 g/mol. The zero-order valence-corrected chi connectivity index (χ0v) is 8.85. The lowest BCUT2D eigenvalue weighted by molar-refractivity contribution is 0.139. The van der Waals surface area contributed by atoms with E-state index in [1.165, 1.54) is 26.0 Å². The zero-order chi connectivity index (χ0) is 11.3. The number of halogens is 2. The molecule has 1 aliphatic carbocycles. The van der Waals surface area contributed by atoms with E-state index in [0.717, 1.165) is 0 Å². The molecule has 82 valence electrons. The number of hydrogen-bond donors (Lipinski definition) is 1. The quantitative estimate of drug-likeness (QED) is 0.799. The molecular weight excluding hydrogens is 198 g/mol. The largest absolute Gasteiger partial charge is 0.385 e. The second kappa shape index (κ2) is 3.01. The van der Waals surface area contributed by atoms with Crippen molar-refractivity contribution in [1.82, 2.24) is 0 Å². The van der Waals surface area contributed by atoms with E-state index in [0.29, 0.717) is 18.4 Å². The molecule has 0 aliphatic heterocycles. The van der Waals surface area contributed by atoms with Gasteiger partial charge in [-0.15, -0.1) is 0 Å². The van der Waals surface area contributed by atoms with Gasteiger partial charge in [0.05, 0.1) is 5.60 Å². The van der Waals surface area contributed by atoms with Crippen LogP contribution in [0.2, 0.25) is 0 Å². The summed E-state index contributed by atoms with van der Waals surface area (Å²) in [7, 11) is 0. The van der Waals surface area contributed by atoms with Crippen LogP contribution in [0.15, 0.2) is 18.2 Å². The van der Waals surface area contributed by atoms with Gasteiger partial charge in [0, 0.05) is 5.56 Å². The third-order valence-electron chi connectivity index (χ3n) is 2.83. The Morgan fingerprint density at radius 2 is 1.93 bits per heavy atom. The number of alkyl halides is 1. The van der Waals surface area contributed by atoms with Crippen molar-refractivity contribution in [2.45, 2.75) is 38.0 Å². The van der Waals surface area contributed by atoms with Crippen LogP contribution in [0.3, 0.4) is 0 Å². The van der Waals surface area contributed by atoms with Crippen LogP contribution < -0.4 is 0 Å². The Balaban J connectivity index is 2.60. The average molecular weight is 212 g/mol. The van der Waals surface area contributed by atoms with E-state index in [4.69, 9.17) is 0 Å². The van der Waals surface area contributed by atoms with Crippen molar-refractivity contribution < 1.29 is 13.9 Å². The first-order valence-electron chi connectivity index (χ1n) is 5.05. The normalized spacial score (nSPS) is 19.0. The van der Waals surface area contributed by atoms with Gasteiger partial charge in [-0.25, -0.2) is 8.78 Å². The van der Waals surface area contributed by atoms with Gasteiger partial charge in [-0.1, -0.05) is 12.1 Å². The Labute approximate surface area is 87.7 Å². The van der Waals surface area contributed by atoms with Crippen molar-refractivity contribution in [1.29, 1.82) is 0 Å². The van der Waals surface area contributed by atoms with Gasteiger partial charge in [-0.2, -0.15) is 0 Å². The number of benzene rings is 1. The maximum absolute atomic E-state index is 13.8. The summed E-state index contributed by atoms with van der Waals surface area (Å²) < 4.78 is 27.4. The molecule has 0 heterocycles. The summed E-state index contributed by atoms with van der Waals surface area (Å²) in [5.74, 6) is -0.583. The molecule has 1 nitrogen and oxygen atoms in total. The van der Waals surface area contributed by atoms with Crippen molar-refractivity contribution in [2.75, 3.05) is 0 Å². The molecule has 15 heavy (non-hydrogen) atoms. The van der Waals surface area contributed by atoms with Crippen molar-refractivity contribution in [3.8, 4) is 0 Å². The maximum Gasteiger partial charge on any atom is 0.133 e. The van der Waals surface area contributed by atoms with Gasteiger partial charge >= 0.3 is 0 Å². The lowest BCUT2D eigenvalue weighted by Gasteiger charge is -2.22.